The molecule has 0 saturated carbocycles. The Morgan fingerprint density at radius 3 is 3.00 bits per heavy atom. The van der Waals surface area contributed by atoms with Crippen LogP contribution in [-0.2, 0) is 11.3 Å². The summed E-state index contributed by atoms with van der Waals surface area (Å²) in [5.41, 5.74) is 1.12. The van der Waals surface area contributed by atoms with Gasteiger partial charge in [0.2, 0.25) is 0 Å². The third-order valence-corrected chi connectivity index (χ3v) is 3.96. The van der Waals surface area contributed by atoms with E-state index < -0.39 is 0 Å². The van der Waals surface area contributed by atoms with Crippen LogP contribution in [0.3, 0.4) is 0 Å². The quantitative estimate of drug-likeness (QED) is 0.775. The Labute approximate surface area is 102 Å². The number of aromatic nitrogens is 1. The van der Waals surface area contributed by atoms with E-state index in [0.717, 1.165) is 16.6 Å². The van der Waals surface area contributed by atoms with E-state index in [1.807, 2.05) is 12.3 Å². The Bertz CT molecular complexity index is 283. The minimum absolute atomic E-state index is 0.657. The van der Waals surface area contributed by atoms with Crippen LogP contribution < -0.4 is 0 Å². The number of ether oxygens (including phenoxy) is 1. The Balaban J connectivity index is 2.31. The van der Waals surface area contributed by atoms with E-state index in [-0.39, 0.29) is 0 Å². The zero-order chi connectivity index (χ0) is 10.4. The molecule has 2 unspecified atom stereocenters. The molecular formula is C10H15AsBrNO. The van der Waals surface area contributed by atoms with Crippen LogP contribution in [0.4, 0.5) is 0 Å². The topological polar surface area (TPSA) is 22.1 Å². The third-order valence-electron chi connectivity index (χ3n) is 1.83. The van der Waals surface area contributed by atoms with E-state index in [4.69, 9.17) is 4.74 Å². The van der Waals surface area contributed by atoms with Crippen molar-refractivity contribution in [1.82, 2.24) is 4.98 Å². The third kappa shape index (κ3) is 4.58. The van der Waals surface area contributed by atoms with Crippen LogP contribution in [0.15, 0.2) is 22.9 Å². The van der Waals surface area contributed by atoms with E-state index in [1.165, 1.54) is 5.21 Å². The predicted octanol–water partition coefficient (Wildman–Crippen LogP) is 2.05. The molecule has 14 heavy (non-hydrogen) atoms. The maximum atomic E-state index is 5.58. The normalized spacial score (nSPS) is 12.8. The number of rotatable bonds is 5. The summed E-state index contributed by atoms with van der Waals surface area (Å²) in [5.74, 6) is 0.662. The Kier molecular flexibility index (Phi) is 5.76. The molecule has 0 amide bonds. The van der Waals surface area contributed by atoms with Crippen LogP contribution in [0.5, 0.6) is 0 Å². The second kappa shape index (κ2) is 6.60. The zero-order valence-corrected chi connectivity index (χ0v) is 12.3. The molecule has 0 fully saturated rings. The summed E-state index contributed by atoms with van der Waals surface area (Å²) >= 11 is 5.14. The van der Waals surface area contributed by atoms with Crippen molar-refractivity contribution in [2.45, 2.75) is 18.7 Å². The van der Waals surface area contributed by atoms with Crippen molar-refractivity contribution >= 4 is 32.8 Å². The molecule has 0 aliphatic heterocycles. The van der Waals surface area contributed by atoms with E-state index in [2.05, 4.69) is 27.8 Å². The Morgan fingerprint density at radius 2 is 2.36 bits per heavy atom. The van der Waals surface area contributed by atoms with Crippen molar-refractivity contribution < 1.29 is 4.74 Å². The van der Waals surface area contributed by atoms with Gasteiger partial charge in [-0.05, 0) is 0 Å². The van der Waals surface area contributed by atoms with Gasteiger partial charge in [-0.1, -0.05) is 0 Å². The van der Waals surface area contributed by atoms with Gasteiger partial charge in [-0.25, -0.2) is 0 Å². The fourth-order valence-corrected chi connectivity index (χ4v) is 1.68. The molecule has 0 bridgehead atoms. The summed E-state index contributed by atoms with van der Waals surface area (Å²) in [6, 6.07) is 2.04. The number of nitrogens with zero attached hydrogens (tertiary/aromatic N) is 1. The van der Waals surface area contributed by atoms with Crippen molar-refractivity contribution in [1.29, 1.82) is 0 Å². The van der Waals surface area contributed by atoms with Crippen LogP contribution in [0.2, 0.25) is 5.21 Å². The summed E-state index contributed by atoms with van der Waals surface area (Å²) in [6.07, 6.45) is 3.62. The number of hydrogen-bond donors (Lipinski definition) is 0. The van der Waals surface area contributed by atoms with E-state index >= 15 is 0 Å². The fourth-order valence-electron chi connectivity index (χ4n) is 0.981. The van der Waals surface area contributed by atoms with Crippen LogP contribution in [0.25, 0.3) is 0 Å². The Hall–Kier alpha value is 0.148. The number of halogens is 1. The Morgan fingerprint density at radius 1 is 1.57 bits per heavy atom. The minimum atomic E-state index is 0.657. The molecule has 0 radical (unpaired) electrons. The monoisotopic (exact) mass is 319 g/mol. The fraction of sp³-hybridized carbons (Fsp3) is 0.500. The van der Waals surface area contributed by atoms with Gasteiger partial charge < -0.3 is 0 Å². The average molecular weight is 320 g/mol. The average Bonchev–Trinajstić information content (AvgIpc) is 2.17. The predicted molar refractivity (Wildman–Crippen MR) is 64.1 cm³/mol. The molecule has 2 nitrogen and oxygen atoms in total. The van der Waals surface area contributed by atoms with Crippen LogP contribution in [-0.4, -0.2) is 28.4 Å². The number of hydrogen-bond acceptors (Lipinski definition) is 2. The molecule has 1 aromatic heterocycles. The van der Waals surface area contributed by atoms with Crippen molar-refractivity contribution in [2.75, 3.05) is 6.61 Å². The van der Waals surface area contributed by atoms with Crippen molar-refractivity contribution in [3.8, 4) is 0 Å². The van der Waals surface area contributed by atoms with E-state index in [9.17, 15) is 0 Å². The van der Waals surface area contributed by atoms with E-state index in [0.29, 0.717) is 12.5 Å². The van der Waals surface area contributed by atoms with Gasteiger partial charge >= 0.3 is 102 Å². The molecule has 1 aromatic rings. The molecule has 0 N–H and O–H groups in total. The first kappa shape index (κ1) is 12.2. The van der Waals surface area contributed by atoms with Crippen molar-refractivity contribution in [3.63, 3.8) is 0 Å². The van der Waals surface area contributed by atoms with E-state index in [1.54, 1.807) is 23.0 Å². The molecule has 1 rings (SSSR count). The van der Waals surface area contributed by atoms with Crippen molar-refractivity contribution in [2.24, 2.45) is 5.92 Å². The van der Waals surface area contributed by atoms with Gasteiger partial charge in [-0.15, -0.1) is 0 Å². The first-order chi connectivity index (χ1) is 6.72. The molecule has 0 saturated heterocycles. The van der Waals surface area contributed by atoms with Gasteiger partial charge in [0.05, 0.1) is 0 Å². The summed E-state index contributed by atoms with van der Waals surface area (Å²) in [4.78, 5) is 4.08. The molecule has 0 aliphatic carbocycles. The van der Waals surface area contributed by atoms with Gasteiger partial charge in [0.25, 0.3) is 0 Å². The van der Waals surface area contributed by atoms with Crippen molar-refractivity contribution in [3.05, 3.63) is 28.5 Å². The van der Waals surface area contributed by atoms with Gasteiger partial charge in [-0.3, -0.25) is 0 Å². The summed E-state index contributed by atoms with van der Waals surface area (Å²) in [7, 11) is 0. The molecule has 0 aliphatic rings. The molecule has 4 heteroatoms. The summed E-state index contributed by atoms with van der Waals surface area (Å²) in [6.45, 7) is 3.70. The SMILES string of the molecule is CC(C[AsH2])COCc1cncc(Br)c1. The molecular weight excluding hydrogens is 305 g/mol. The van der Waals surface area contributed by atoms with Crippen LogP contribution in [0.1, 0.15) is 12.5 Å². The first-order valence-electron chi connectivity index (χ1n) is 4.59. The molecule has 78 valence electrons. The van der Waals surface area contributed by atoms with Gasteiger partial charge in [0, 0.05) is 0 Å². The van der Waals surface area contributed by atoms with Crippen LogP contribution >= 0.6 is 15.9 Å². The first-order valence-corrected chi connectivity index (χ1v) is 7.10. The second-order valence-electron chi connectivity index (χ2n) is 3.37. The van der Waals surface area contributed by atoms with Gasteiger partial charge in [0.15, 0.2) is 0 Å². The van der Waals surface area contributed by atoms with Gasteiger partial charge in [-0.2, -0.15) is 0 Å². The molecule has 0 aromatic carbocycles. The van der Waals surface area contributed by atoms with Gasteiger partial charge in [0.1, 0.15) is 0 Å². The number of pyridine rings is 1. The molecule has 0 spiro atoms. The summed E-state index contributed by atoms with van der Waals surface area (Å²) < 4.78 is 6.58. The molecule has 1 heterocycles. The maximum absolute atomic E-state index is 5.58. The standard InChI is InChI=1S/C10H15AsBrNO/c1-8(3-11)6-14-7-9-2-10(12)5-13-4-9/h2,4-5,8H,3,6-7,11H2,1H3. The zero-order valence-electron chi connectivity index (χ0n) is 8.24. The summed E-state index contributed by atoms with van der Waals surface area (Å²) in [5, 5.41) is 1.23. The van der Waals surface area contributed by atoms with Crippen LogP contribution in [0, 0.1) is 5.92 Å². The second-order valence-corrected chi connectivity index (χ2v) is 5.27. The molecule has 2 atom stereocenters.